The summed E-state index contributed by atoms with van der Waals surface area (Å²) in [5.74, 6) is 0. The molecule has 0 spiro atoms. The third kappa shape index (κ3) is 4.45. The topological polar surface area (TPSA) is 81.4 Å². The normalized spacial score (nSPS) is 13.3. The van der Waals surface area contributed by atoms with Gasteiger partial charge in [0.25, 0.3) is 0 Å². The van der Waals surface area contributed by atoms with Gasteiger partial charge in [-0.2, -0.15) is 0 Å². The maximum absolute atomic E-state index is 11.2. The highest BCUT2D eigenvalue weighted by atomic mass is 35.5. The molecule has 1 unspecified atom stereocenters. The second-order valence-corrected chi connectivity index (χ2v) is 5.98. The molecular weight excluding hydrogens is 276 g/mol. The number of benzene rings is 1. The van der Waals surface area contributed by atoms with Gasteiger partial charge < -0.3 is 10.1 Å². The third-order valence-electron chi connectivity index (χ3n) is 2.42. The minimum atomic E-state index is -3.72. The molecule has 3 N–H and O–H groups in total. The Bertz CT molecular complexity index is 505. The van der Waals surface area contributed by atoms with Crippen molar-refractivity contribution in [3.8, 4) is 0 Å². The summed E-state index contributed by atoms with van der Waals surface area (Å²) < 4.78 is 27.5. The van der Waals surface area contributed by atoms with Crippen LogP contribution in [0.25, 0.3) is 0 Å². The number of hydrogen-bond acceptors (Lipinski definition) is 4. The van der Waals surface area contributed by atoms with E-state index in [1.165, 1.54) is 18.2 Å². The van der Waals surface area contributed by atoms with Crippen molar-refractivity contribution >= 4 is 27.3 Å². The Morgan fingerprint density at radius 1 is 1.50 bits per heavy atom. The fourth-order valence-electron chi connectivity index (χ4n) is 1.42. The van der Waals surface area contributed by atoms with Crippen molar-refractivity contribution in [2.24, 2.45) is 5.14 Å². The summed E-state index contributed by atoms with van der Waals surface area (Å²) in [4.78, 5) is 0.0355. The highest BCUT2D eigenvalue weighted by Gasteiger charge is 2.12. The lowest BCUT2D eigenvalue weighted by atomic mass is 10.2. The smallest absolute Gasteiger partial charge is 0.238 e. The summed E-state index contributed by atoms with van der Waals surface area (Å²) in [6.07, 6.45) is 0.784. The van der Waals surface area contributed by atoms with Gasteiger partial charge in [0.05, 0.1) is 15.6 Å². The van der Waals surface area contributed by atoms with Gasteiger partial charge in [-0.15, -0.1) is 0 Å². The van der Waals surface area contributed by atoms with Crippen molar-refractivity contribution in [1.29, 1.82) is 0 Å². The average molecular weight is 293 g/mol. The largest absolute Gasteiger partial charge is 0.385 e. The molecule has 18 heavy (non-hydrogen) atoms. The first-order chi connectivity index (χ1) is 8.34. The van der Waals surface area contributed by atoms with Gasteiger partial charge in [0.2, 0.25) is 10.0 Å². The number of sulfonamides is 1. The number of halogens is 1. The van der Waals surface area contributed by atoms with Crippen molar-refractivity contribution in [2.75, 3.05) is 19.0 Å². The molecule has 5 nitrogen and oxygen atoms in total. The summed E-state index contributed by atoms with van der Waals surface area (Å²) >= 11 is 6.00. The van der Waals surface area contributed by atoms with E-state index in [2.05, 4.69) is 5.32 Å². The van der Waals surface area contributed by atoms with Crippen molar-refractivity contribution in [3.63, 3.8) is 0 Å². The number of ether oxygens (including phenoxy) is 1. The summed E-state index contributed by atoms with van der Waals surface area (Å²) in [6.45, 7) is 2.57. The molecule has 0 aliphatic heterocycles. The zero-order chi connectivity index (χ0) is 13.8. The highest BCUT2D eigenvalue weighted by molar-refractivity contribution is 7.89. The Morgan fingerprint density at radius 2 is 2.17 bits per heavy atom. The van der Waals surface area contributed by atoms with Crippen LogP contribution in [0, 0.1) is 0 Å². The van der Waals surface area contributed by atoms with Gasteiger partial charge in [-0.1, -0.05) is 11.6 Å². The Labute approximate surface area is 112 Å². The molecule has 1 rings (SSSR count). The number of methoxy groups -OCH3 is 1. The number of anilines is 1. The van der Waals surface area contributed by atoms with Crippen LogP contribution in [0.5, 0.6) is 0 Å². The van der Waals surface area contributed by atoms with Crippen LogP contribution in [0.2, 0.25) is 5.02 Å². The van der Waals surface area contributed by atoms with E-state index in [9.17, 15) is 8.42 Å². The minimum Gasteiger partial charge on any atom is -0.385 e. The average Bonchev–Trinajstić information content (AvgIpc) is 2.28. The predicted octanol–water partition coefficient (Wildman–Crippen LogP) is 1.82. The summed E-state index contributed by atoms with van der Waals surface area (Å²) in [7, 11) is -2.09. The number of primary sulfonamides is 1. The van der Waals surface area contributed by atoms with Crippen LogP contribution in [0.15, 0.2) is 23.1 Å². The van der Waals surface area contributed by atoms with Crippen LogP contribution < -0.4 is 10.5 Å². The maximum Gasteiger partial charge on any atom is 0.238 e. The van der Waals surface area contributed by atoms with Gasteiger partial charge in [-0.05, 0) is 31.5 Å². The summed E-state index contributed by atoms with van der Waals surface area (Å²) in [5, 5.41) is 8.64. The molecule has 1 aromatic carbocycles. The molecule has 0 saturated carbocycles. The first kappa shape index (κ1) is 15.2. The molecule has 0 amide bonds. The highest BCUT2D eigenvalue weighted by Crippen LogP contribution is 2.25. The molecule has 0 radical (unpaired) electrons. The number of nitrogens with one attached hydrogen (secondary N) is 1. The van der Waals surface area contributed by atoms with E-state index in [0.29, 0.717) is 17.3 Å². The summed E-state index contributed by atoms with van der Waals surface area (Å²) in [5.41, 5.74) is 0.548. The molecule has 0 saturated heterocycles. The predicted molar refractivity (Wildman–Crippen MR) is 72.4 cm³/mol. The molecular formula is C11H17ClN2O3S. The minimum absolute atomic E-state index is 0.0355. The lowest BCUT2D eigenvalue weighted by Gasteiger charge is -2.16. The van der Waals surface area contributed by atoms with Gasteiger partial charge in [0, 0.05) is 19.8 Å². The van der Waals surface area contributed by atoms with Gasteiger partial charge in [0.1, 0.15) is 0 Å². The number of hydrogen-bond donors (Lipinski definition) is 2. The van der Waals surface area contributed by atoms with Gasteiger partial charge in [-0.3, -0.25) is 0 Å². The Morgan fingerprint density at radius 3 is 2.72 bits per heavy atom. The zero-order valence-electron chi connectivity index (χ0n) is 10.3. The molecule has 7 heteroatoms. The number of nitrogens with two attached hydrogens (primary N) is 1. The molecule has 0 aliphatic carbocycles. The van der Waals surface area contributed by atoms with Gasteiger partial charge in [0.15, 0.2) is 0 Å². The van der Waals surface area contributed by atoms with Crippen LogP contribution in [0.1, 0.15) is 13.3 Å². The van der Waals surface area contributed by atoms with Crippen molar-refractivity contribution in [2.45, 2.75) is 24.3 Å². The third-order valence-corrected chi connectivity index (χ3v) is 3.66. The fraction of sp³-hybridized carbons (Fsp3) is 0.455. The van der Waals surface area contributed by atoms with E-state index >= 15 is 0 Å². The maximum atomic E-state index is 11.2. The monoisotopic (exact) mass is 292 g/mol. The van der Waals surface area contributed by atoms with Crippen LogP contribution in [-0.2, 0) is 14.8 Å². The first-order valence-electron chi connectivity index (χ1n) is 5.42. The quantitative estimate of drug-likeness (QED) is 0.838. The van der Waals surface area contributed by atoms with E-state index in [4.69, 9.17) is 21.5 Å². The van der Waals surface area contributed by atoms with Crippen molar-refractivity contribution in [3.05, 3.63) is 23.2 Å². The van der Waals surface area contributed by atoms with E-state index in [0.717, 1.165) is 6.42 Å². The van der Waals surface area contributed by atoms with Crippen LogP contribution in [0.4, 0.5) is 5.69 Å². The van der Waals surface area contributed by atoms with E-state index < -0.39 is 10.0 Å². The molecule has 1 aromatic rings. The zero-order valence-corrected chi connectivity index (χ0v) is 11.9. The van der Waals surface area contributed by atoms with Crippen molar-refractivity contribution in [1.82, 2.24) is 0 Å². The molecule has 0 heterocycles. The summed E-state index contributed by atoms with van der Waals surface area (Å²) in [6, 6.07) is 4.43. The number of rotatable bonds is 6. The molecule has 1 atom stereocenters. The van der Waals surface area contributed by atoms with E-state index in [1.807, 2.05) is 6.92 Å². The lowest BCUT2D eigenvalue weighted by molar-refractivity contribution is 0.191. The Hall–Kier alpha value is -0.820. The molecule has 0 bridgehead atoms. The molecule has 0 fully saturated rings. The molecule has 0 aromatic heterocycles. The van der Waals surface area contributed by atoms with Gasteiger partial charge >= 0.3 is 0 Å². The van der Waals surface area contributed by atoms with E-state index in [1.54, 1.807) is 7.11 Å². The molecule has 0 aliphatic rings. The lowest BCUT2D eigenvalue weighted by Crippen LogP contribution is -2.18. The van der Waals surface area contributed by atoms with Gasteiger partial charge in [-0.25, -0.2) is 13.6 Å². The van der Waals surface area contributed by atoms with Crippen molar-refractivity contribution < 1.29 is 13.2 Å². The van der Waals surface area contributed by atoms with Crippen LogP contribution >= 0.6 is 11.6 Å². The van der Waals surface area contributed by atoms with Crippen LogP contribution in [-0.4, -0.2) is 28.2 Å². The fourth-order valence-corrected chi connectivity index (χ4v) is 2.14. The van der Waals surface area contributed by atoms with Crippen LogP contribution in [0.3, 0.4) is 0 Å². The standard InChI is InChI=1S/C11H17ClN2O3S/c1-8(5-6-17-2)14-11-7-9(18(13,15)16)3-4-10(11)12/h3-4,7-8,14H,5-6H2,1-2H3,(H2,13,15,16). The second-order valence-electron chi connectivity index (χ2n) is 4.01. The Kier molecular flexibility index (Phi) is 5.40. The van der Waals surface area contributed by atoms with E-state index in [-0.39, 0.29) is 10.9 Å². The molecule has 102 valence electrons. The Balaban J connectivity index is 2.88. The SMILES string of the molecule is COCCC(C)Nc1cc(S(N)(=O)=O)ccc1Cl. The first-order valence-corrected chi connectivity index (χ1v) is 7.35. The second kappa shape index (κ2) is 6.38.